The number of carbonyl (C=O) groups is 2. The fourth-order valence-corrected chi connectivity index (χ4v) is 3.35. The number of hydrogen-bond acceptors (Lipinski definition) is 3. The van der Waals surface area contributed by atoms with Crippen molar-refractivity contribution >= 4 is 17.5 Å². The van der Waals surface area contributed by atoms with Gasteiger partial charge in [0.15, 0.2) is 0 Å². The Kier molecular flexibility index (Phi) is 4.32. The first kappa shape index (κ1) is 16.6. The molecule has 0 saturated heterocycles. The second kappa shape index (κ2) is 6.78. The van der Waals surface area contributed by atoms with Crippen LogP contribution in [0.3, 0.4) is 0 Å². The van der Waals surface area contributed by atoms with Crippen molar-refractivity contribution in [2.75, 3.05) is 18.1 Å². The summed E-state index contributed by atoms with van der Waals surface area (Å²) in [5, 5.41) is 2.94. The summed E-state index contributed by atoms with van der Waals surface area (Å²) in [6.45, 7) is 0.254. The number of amides is 2. The van der Waals surface area contributed by atoms with Crippen molar-refractivity contribution in [1.82, 2.24) is 5.32 Å². The number of nitrogens with one attached hydrogen (secondary N) is 1. The summed E-state index contributed by atoms with van der Waals surface area (Å²) < 4.78 is 18.9. The quantitative estimate of drug-likeness (QED) is 0.918. The van der Waals surface area contributed by atoms with Gasteiger partial charge in [0, 0.05) is 12.0 Å². The fraction of sp³-hybridized carbons (Fsp3) is 0.300. The van der Waals surface area contributed by atoms with Crippen LogP contribution in [0.4, 0.5) is 10.1 Å². The molecule has 134 valence electrons. The Hall–Kier alpha value is -2.89. The van der Waals surface area contributed by atoms with Crippen LogP contribution in [0.25, 0.3) is 0 Å². The van der Waals surface area contributed by atoms with E-state index >= 15 is 0 Å². The van der Waals surface area contributed by atoms with E-state index in [0.29, 0.717) is 18.0 Å². The van der Waals surface area contributed by atoms with Gasteiger partial charge in [0.05, 0.1) is 18.7 Å². The molecule has 1 aliphatic heterocycles. The Morgan fingerprint density at radius 1 is 1.23 bits per heavy atom. The van der Waals surface area contributed by atoms with Gasteiger partial charge in [0.2, 0.25) is 11.8 Å². The molecule has 26 heavy (non-hydrogen) atoms. The molecule has 2 aromatic carbocycles. The summed E-state index contributed by atoms with van der Waals surface area (Å²) in [6, 6.07) is 13.6. The van der Waals surface area contributed by atoms with Crippen molar-refractivity contribution in [3.63, 3.8) is 0 Å². The van der Waals surface area contributed by atoms with E-state index in [9.17, 15) is 14.0 Å². The maximum Gasteiger partial charge on any atom is 0.240 e. The predicted octanol–water partition coefficient (Wildman–Crippen LogP) is 2.61. The van der Waals surface area contributed by atoms with Crippen LogP contribution in [0.5, 0.6) is 5.75 Å². The highest BCUT2D eigenvalue weighted by Gasteiger charge is 2.40. The van der Waals surface area contributed by atoms with Crippen molar-refractivity contribution in [2.24, 2.45) is 0 Å². The maximum absolute atomic E-state index is 13.3. The lowest BCUT2D eigenvalue weighted by Gasteiger charge is -2.21. The number of halogens is 1. The number of para-hydroxylation sites is 2. The lowest BCUT2D eigenvalue weighted by Crippen LogP contribution is -2.41. The fourth-order valence-electron chi connectivity index (χ4n) is 3.35. The molecule has 2 unspecified atom stereocenters. The topological polar surface area (TPSA) is 58.6 Å². The van der Waals surface area contributed by atoms with Crippen LogP contribution >= 0.6 is 0 Å². The van der Waals surface area contributed by atoms with Gasteiger partial charge in [-0.2, -0.15) is 0 Å². The first-order valence-electron chi connectivity index (χ1n) is 8.69. The van der Waals surface area contributed by atoms with E-state index in [1.807, 2.05) is 18.2 Å². The highest BCUT2D eigenvalue weighted by Crippen LogP contribution is 2.41. The second-order valence-electron chi connectivity index (χ2n) is 6.62. The molecule has 1 heterocycles. The third-order valence-electron chi connectivity index (χ3n) is 4.75. The van der Waals surface area contributed by atoms with Crippen molar-refractivity contribution in [2.45, 2.75) is 24.8 Å². The van der Waals surface area contributed by atoms with Gasteiger partial charge in [-0.15, -0.1) is 0 Å². The number of ether oxygens (including phenoxy) is 1. The number of nitrogens with zero attached hydrogens (tertiary/aromatic N) is 1. The number of carbonyl (C=O) groups excluding carboxylic acids is 2. The third kappa shape index (κ3) is 3.40. The number of hydrogen-bond donors (Lipinski definition) is 1. The Labute approximate surface area is 150 Å². The van der Waals surface area contributed by atoms with Crippen LogP contribution in [-0.2, 0) is 9.59 Å². The molecule has 1 saturated carbocycles. The number of fused-ring (bicyclic) bond motifs is 1. The summed E-state index contributed by atoms with van der Waals surface area (Å²) in [5.74, 6) is 0.105. The smallest absolute Gasteiger partial charge is 0.240 e. The highest BCUT2D eigenvalue weighted by molar-refractivity contribution is 6.00. The number of rotatable bonds is 4. The average molecular weight is 354 g/mol. The molecule has 0 radical (unpaired) electrons. The van der Waals surface area contributed by atoms with Gasteiger partial charge in [0.25, 0.3) is 0 Å². The van der Waals surface area contributed by atoms with Crippen LogP contribution in [0, 0.1) is 5.82 Å². The minimum Gasteiger partial charge on any atom is -0.491 e. The zero-order valence-electron chi connectivity index (χ0n) is 14.2. The molecule has 1 fully saturated rings. The predicted molar refractivity (Wildman–Crippen MR) is 94.6 cm³/mol. The molecule has 0 aromatic heterocycles. The molecule has 0 bridgehead atoms. The van der Waals surface area contributed by atoms with Crippen LogP contribution in [0.2, 0.25) is 0 Å². The maximum atomic E-state index is 13.3. The standard InChI is InChI=1S/C20H19FN2O3/c21-14-5-3-4-13(10-14)15-11-16(15)22-19(24)12-23-17-6-1-2-7-18(17)26-9-8-20(23)25/h1-7,10,15-16H,8-9,11-12H2,(H,22,24). The molecule has 2 aliphatic rings. The lowest BCUT2D eigenvalue weighted by atomic mass is 10.1. The zero-order valence-corrected chi connectivity index (χ0v) is 14.2. The van der Waals surface area contributed by atoms with Crippen LogP contribution in [0.15, 0.2) is 48.5 Å². The molecule has 6 heteroatoms. The van der Waals surface area contributed by atoms with Gasteiger partial charge >= 0.3 is 0 Å². The van der Waals surface area contributed by atoms with E-state index in [0.717, 1.165) is 12.0 Å². The van der Waals surface area contributed by atoms with Gasteiger partial charge in [0.1, 0.15) is 18.1 Å². The van der Waals surface area contributed by atoms with E-state index in [1.165, 1.54) is 17.0 Å². The average Bonchev–Trinajstić information content (AvgIpc) is 3.40. The van der Waals surface area contributed by atoms with E-state index in [-0.39, 0.29) is 42.6 Å². The summed E-state index contributed by atoms with van der Waals surface area (Å²) in [5.41, 5.74) is 1.50. The summed E-state index contributed by atoms with van der Waals surface area (Å²) in [7, 11) is 0. The third-order valence-corrected chi connectivity index (χ3v) is 4.75. The van der Waals surface area contributed by atoms with Crippen LogP contribution in [-0.4, -0.2) is 31.0 Å². The highest BCUT2D eigenvalue weighted by atomic mass is 19.1. The largest absolute Gasteiger partial charge is 0.491 e. The van der Waals surface area contributed by atoms with Crippen molar-refractivity contribution < 1.29 is 18.7 Å². The van der Waals surface area contributed by atoms with Crippen molar-refractivity contribution in [3.8, 4) is 5.75 Å². The van der Waals surface area contributed by atoms with E-state index in [4.69, 9.17) is 4.74 Å². The Balaban J connectivity index is 1.41. The SMILES string of the molecule is O=C(CN1C(=O)CCOc2ccccc21)NC1CC1c1cccc(F)c1. The normalized spacial score (nSPS) is 21.4. The minimum atomic E-state index is -0.272. The minimum absolute atomic E-state index is 0.0159. The van der Waals surface area contributed by atoms with E-state index < -0.39 is 0 Å². The molecule has 2 atom stereocenters. The molecular weight excluding hydrogens is 335 g/mol. The number of anilines is 1. The Bertz CT molecular complexity index is 854. The Morgan fingerprint density at radius 3 is 2.92 bits per heavy atom. The number of benzene rings is 2. The second-order valence-corrected chi connectivity index (χ2v) is 6.62. The van der Waals surface area contributed by atoms with Crippen molar-refractivity contribution in [3.05, 3.63) is 59.9 Å². The van der Waals surface area contributed by atoms with E-state index in [1.54, 1.807) is 18.2 Å². The first-order chi connectivity index (χ1) is 12.6. The monoisotopic (exact) mass is 354 g/mol. The van der Waals surface area contributed by atoms with Gasteiger partial charge in [-0.25, -0.2) is 4.39 Å². The molecule has 4 rings (SSSR count). The summed E-state index contributed by atoms with van der Waals surface area (Å²) >= 11 is 0. The summed E-state index contributed by atoms with van der Waals surface area (Å²) in [6.07, 6.45) is 1.01. The molecular formula is C20H19FN2O3. The zero-order chi connectivity index (χ0) is 18.1. The molecule has 1 N–H and O–H groups in total. The molecule has 5 nitrogen and oxygen atoms in total. The summed E-state index contributed by atoms with van der Waals surface area (Å²) in [4.78, 5) is 26.3. The molecule has 1 aliphatic carbocycles. The van der Waals surface area contributed by atoms with Gasteiger partial charge in [-0.05, 0) is 36.2 Å². The molecule has 2 amide bonds. The van der Waals surface area contributed by atoms with Crippen LogP contribution in [0.1, 0.15) is 24.3 Å². The van der Waals surface area contributed by atoms with Gasteiger partial charge in [-0.3, -0.25) is 14.5 Å². The molecule has 0 spiro atoms. The van der Waals surface area contributed by atoms with Gasteiger partial charge < -0.3 is 10.1 Å². The first-order valence-corrected chi connectivity index (χ1v) is 8.69. The van der Waals surface area contributed by atoms with Crippen LogP contribution < -0.4 is 15.0 Å². The molecule has 2 aromatic rings. The lowest BCUT2D eigenvalue weighted by molar-refractivity contribution is -0.124. The Morgan fingerprint density at radius 2 is 2.08 bits per heavy atom. The van der Waals surface area contributed by atoms with Gasteiger partial charge in [-0.1, -0.05) is 24.3 Å². The van der Waals surface area contributed by atoms with Crippen molar-refractivity contribution in [1.29, 1.82) is 0 Å². The van der Waals surface area contributed by atoms with E-state index in [2.05, 4.69) is 5.32 Å².